The molecule has 0 aliphatic carbocycles. The summed E-state index contributed by atoms with van der Waals surface area (Å²) in [5, 5.41) is 2.89. The van der Waals surface area contributed by atoms with Crippen molar-refractivity contribution in [3.8, 4) is 5.75 Å². The molecule has 0 spiro atoms. The number of nitrogens with zero attached hydrogens (tertiary/aromatic N) is 2. The van der Waals surface area contributed by atoms with Gasteiger partial charge in [0.15, 0.2) is 0 Å². The minimum Gasteiger partial charge on any atom is -0.494 e. The second kappa shape index (κ2) is 10.3. The van der Waals surface area contributed by atoms with Gasteiger partial charge < -0.3 is 10.1 Å². The number of benzene rings is 2. The molecule has 0 aromatic heterocycles. The van der Waals surface area contributed by atoms with Crippen molar-refractivity contribution in [3.05, 3.63) is 59.7 Å². The molecule has 8 heteroatoms. The molecular formula is C21H29N3O4S. The Morgan fingerprint density at radius 1 is 1.00 bits per heavy atom. The quantitative estimate of drug-likeness (QED) is 0.601. The molecule has 2 rings (SSSR count). The Balaban J connectivity index is 1.83. The van der Waals surface area contributed by atoms with Gasteiger partial charge in [0, 0.05) is 33.3 Å². The van der Waals surface area contributed by atoms with Gasteiger partial charge in [-0.25, -0.2) is 0 Å². The highest BCUT2D eigenvalue weighted by atomic mass is 32.2. The summed E-state index contributed by atoms with van der Waals surface area (Å²) in [6, 6.07) is 14.5. The number of hydrogen-bond acceptors (Lipinski definition) is 4. The molecule has 29 heavy (non-hydrogen) atoms. The van der Waals surface area contributed by atoms with Crippen LogP contribution in [0.25, 0.3) is 0 Å². The van der Waals surface area contributed by atoms with E-state index in [0.717, 1.165) is 22.9 Å². The number of amides is 1. The summed E-state index contributed by atoms with van der Waals surface area (Å²) in [6.07, 6.45) is 1.68. The number of rotatable bonds is 10. The van der Waals surface area contributed by atoms with Crippen molar-refractivity contribution in [2.75, 3.05) is 38.6 Å². The molecule has 2 aromatic carbocycles. The maximum Gasteiger partial charge on any atom is 0.303 e. The molecule has 2 aromatic rings. The van der Waals surface area contributed by atoms with Crippen molar-refractivity contribution < 1.29 is 17.9 Å². The molecule has 0 saturated carbocycles. The van der Waals surface area contributed by atoms with E-state index >= 15 is 0 Å². The summed E-state index contributed by atoms with van der Waals surface area (Å²) < 4.78 is 32.0. The van der Waals surface area contributed by atoms with Gasteiger partial charge in [0.05, 0.1) is 12.3 Å². The maximum atomic E-state index is 12.3. The third-order valence-corrected chi connectivity index (χ3v) is 6.29. The topological polar surface area (TPSA) is 79.0 Å². The van der Waals surface area contributed by atoms with E-state index in [-0.39, 0.29) is 5.91 Å². The average Bonchev–Trinajstić information content (AvgIpc) is 2.72. The summed E-state index contributed by atoms with van der Waals surface area (Å²) in [7, 11) is 0.869. The fraction of sp³-hybridized carbons (Fsp3) is 0.381. The summed E-state index contributed by atoms with van der Waals surface area (Å²) in [5.41, 5.74) is 2.17. The number of aryl methyl sites for hydroxylation is 1. The van der Waals surface area contributed by atoms with Gasteiger partial charge in [-0.05, 0) is 61.7 Å². The number of anilines is 1. The first-order valence-corrected chi connectivity index (χ1v) is 10.9. The van der Waals surface area contributed by atoms with Gasteiger partial charge in [-0.1, -0.05) is 12.1 Å². The first-order chi connectivity index (χ1) is 13.8. The van der Waals surface area contributed by atoms with E-state index in [1.54, 1.807) is 24.3 Å². The molecule has 0 atom stereocenters. The zero-order chi connectivity index (χ0) is 21.4. The van der Waals surface area contributed by atoms with Gasteiger partial charge in [0.1, 0.15) is 5.75 Å². The van der Waals surface area contributed by atoms with Crippen molar-refractivity contribution in [2.45, 2.75) is 19.8 Å². The highest BCUT2D eigenvalue weighted by Crippen LogP contribution is 2.18. The lowest BCUT2D eigenvalue weighted by Crippen LogP contribution is -2.37. The Bertz CT molecular complexity index is 895. The molecular weight excluding hydrogens is 390 g/mol. The number of carbonyl (C=O) groups is 1. The van der Waals surface area contributed by atoms with Crippen LogP contribution in [0.5, 0.6) is 5.75 Å². The van der Waals surface area contributed by atoms with Crippen LogP contribution >= 0.6 is 0 Å². The van der Waals surface area contributed by atoms with Crippen LogP contribution in [0.3, 0.4) is 0 Å². The number of ether oxygens (including phenoxy) is 1. The summed E-state index contributed by atoms with van der Waals surface area (Å²) in [4.78, 5) is 12.3. The molecule has 0 radical (unpaired) electrons. The van der Waals surface area contributed by atoms with Crippen LogP contribution in [0.15, 0.2) is 48.5 Å². The Morgan fingerprint density at radius 3 is 2.17 bits per heavy atom. The molecule has 0 fully saturated rings. The summed E-state index contributed by atoms with van der Waals surface area (Å²) in [6.45, 7) is 3.16. The molecule has 0 saturated heterocycles. The third kappa shape index (κ3) is 6.20. The molecule has 1 amide bonds. The molecule has 158 valence electrons. The standard InChI is InChI=1S/C21H29N3O4S/c1-5-28-20-14-8-17(9-15-20)7-6-16-22-21(25)18-10-12-19(13-11-18)24(4)29(26,27)23(2)3/h8-15H,5-7,16H2,1-4H3,(H,22,25). The van der Waals surface area contributed by atoms with Crippen molar-refractivity contribution in [3.63, 3.8) is 0 Å². The van der Waals surface area contributed by atoms with E-state index in [1.807, 2.05) is 31.2 Å². The van der Waals surface area contributed by atoms with Gasteiger partial charge in [0.2, 0.25) is 0 Å². The highest BCUT2D eigenvalue weighted by molar-refractivity contribution is 7.90. The first-order valence-electron chi connectivity index (χ1n) is 9.52. The minimum absolute atomic E-state index is 0.179. The van der Waals surface area contributed by atoms with E-state index in [1.165, 1.54) is 31.0 Å². The number of nitrogens with one attached hydrogen (secondary N) is 1. The third-order valence-electron chi connectivity index (χ3n) is 4.46. The molecule has 0 unspecified atom stereocenters. The van der Waals surface area contributed by atoms with Crippen molar-refractivity contribution in [1.29, 1.82) is 0 Å². The number of hydrogen-bond donors (Lipinski definition) is 1. The Hall–Kier alpha value is -2.58. The van der Waals surface area contributed by atoms with E-state index < -0.39 is 10.2 Å². The monoisotopic (exact) mass is 419 g/mol. The lowest BCUT2D eigenvalue weighted by molar-refractivity contribution is 0.0953. The van der Waals surface area contributed by atoms with E-state index in [2.05, 4.69) is 5.32 Å². The zero-order valence-corrected chi connectivity index (χ0v) is 18.2. The van der Waals surface area contributed by atoms with Crippen molar-refractivity contribution in [1.82, 2.24) is 9.62 Å². The van der Waals surface area contributed by atoms with Crippen LogP contribution in [0, 0.1) is 0 Å². The van der Waals surface area contributed by atoms with Crippen molar-refractivity contribution >= 4 is 21.8 Å². The average molecular weight is 420 g/mol. The van der Waals surface area contributed by atoms with Crippen LogP contribution in [-0.4, -0.2) is 52.9 Å². The molecule has 0 aliphatic heterocycles. The molecule has 1 N–H and O–H groups in total. The second-order valence-electron chi connectivity index (χ2n) is 6.74. The zero-order valence-electron chi connectivity index (χ0n) is 17.4. The lowest BCUT2D eigenvalue weighted by atomic mass is 10.1. The van der Waals surface area contributed by atoms with E-state index in [9.17, 15) is 13.2 Å². The van der Waals surface area contributed by atoms with Gasteiger partial charge in [-0.15, -0.1) is 0 Å². The second-order valence-corrected chi connectivity index (χ2v) is 8.91. The van der Waals surface area contributed by atoms with Crippen LogP contribution in [0.1, 0.15) is 29.3 Å². The van der Waals surface area contributed by atoms with Crippen molar-refractivity contribution in [2.24, 2.45) is 0 Å². The molecule has 0 bridgehead atoms. The Labute approximate surface area is 173 Å². The van der Waals surface area contributed by atoms with E-state index in [0.29, 0.717) is 24.4 Å². The smallest absolute Gasteiger partial charge is 0.303 e. The normalized spacial score (nSPS) is 11.3. The largest absolute Gasteiger partial charge is 0.494 e. The SMILES string of the molecule is CCOc1ccc(CCCNC(=O)c2ccc(N(C)S(=O)(=O)N(C)C)cc2)cc1. The minimum atomic E-state index is -3.55. The summed E-state index contributed by atoms with van der Waals surface area (Å²) in [5.74, 6) is 0.679. The fourth-order valence-electron chi connectivity index (χ4n) is 2.72. The lowest BCUT2D eigenvalue weighted by Gasteiger charge is -2.23. The van der Waals surface area contributed by atoms with Gasteiger partial charge in [0.25, 0.3) is 5.91 Å². The summed E-state index contributed by atoms with van der Waals surface area (Å²) >= 11 is 0. The Kier molecular flexibility index (Phi) is 8.04. The molecule has 0 heterocycles. The highest BCUT2D eigenvalue weighted by Gasteiger charge is 2.21. The maximum absolute atomic E-state index is 12.3. The first kappa shape index (κ1) is 22.7. The fourth-order valence-corrected chi connectivity index (χ4v) is 3.59. The predicted molar refractivity (Wildman–Crippen MR) is 116 cm³/mol. The molecule has 0 aliphatic rings. The van der Waals surface area contributed by atoms with Crippen LogP contribution in [-0.2, 0) is 16.6 Å². The van der Waals surface area contributed by atoms with Gasteiger partial charge >= 0.3 is 10.2 Å². The number of carbonyl (C=O) groups excluding carboxylic acids is 1. The van der Waals surface area contributed by atoms with Crippen LogP contribution in [0.4, 0.5) is 5.69 Å². The molecule has 7 nitrogen and oxygen atoms in total. The van der Waals surface area contributed by atoms with E-state index in [4.69, 9.17) is 4.74 Å². The van der Waals surface area contributed by atoms with Crippen LogP contribution in [0.2, 0.25) is 0 Å². The van der Waals surface area contributed by atoms with Gasteiger partial charge in [-0.2, -0.15) is 12.7 Å². The Morgan fingerprint density at radius 2 is 1.62 bits per heavy atom. The predicted octanol–water partition coefficient (Wildman–Crippen LogP) is 2.69. The van der Waals surface area contributed by atoms with Crippen LogP contribution < -0.4 is 14.4 Å². The van der Waals surface area contributed by atoms with Gasteiger partial charge in [-0.3, -0.25) is 9.10 Å².